The fraction of sp³-hybridized carbons (Fsp3) is 0.100. The van der Waals surface area contributed by atoms with Crippen molar-refractivity contribution in [2.45, 2.75) is 12.8 Å². The standard InChI is InChI=1S/C20H15F3N2O2/c21-20(22,23)16-10-8-15(9-11-16)19(26)25-18-17(7-4-12-24-18)27-13-14-5-2-1-3-6-14/h1-12H,13H2,(H,24,25,26). The van der Waals surface area contributed by atoms with Crippen LogP contribution in [0.2, 0.25) is 0 Å². The molecule has 0 unspecified atom stereocenters. The molecule has 138 valence electrons. The van der Waals surface area contributed by atoms with Gasteiger partial charge in [0.2, 0.25) is 0 Å². The average molecular weight is 372 g/mol. The number of benzene rings is 2. The Hall–Kier alpha value is -3.35. The SMILES string of the molecule is O=C(Nc1ncccc1OCc1ccccc1)c1ccc(C(F)(F)F)cc1. The van der Waals surface area contributed by atoms with Crippen LogP contribution in [0, 0.1) is 0 Å². The van der Waals surface area contributed by atoms with Crippen LogP contribution in [0.3, 0.4) is 0 Å². The maximum absolute atomic E-state index is 12.6. The molecule has 3 rings (SSSR count). The highest BCUT2D eigenvalue weighted by Gasteiger charge is 2.30. The summed E-state index contributed by atoms with van der Waals surface area (Å²) in [5.74, 6) is -0.0214. The Balaban J connectivity index is 1.71. The van der Waals surface area contributed by atoms with E-state index in [0.29, 0.717) is 5.75 Å². The van der Waals surface area contributed by atoms with E-state index < -0.39 is 17.6 Å². The molecule has 1 amide bonds. The molecule has 0 saturated carbocycles. The van der Waals surface area contributed by atoms with Crippen LogP contribution in [0.4, 0.5) is 19.0 Å². The second kappa shape index (κ2) is 7.90. The molecule has 2 aromatic carbocycles. The molecule has 0 aliphatic heterocycles. The van der Waals surface area contributed by atoms with Crippen molar-refractivity contribution < 1.29 is 22.7 Å². The molecule has 1 heterocycles. The molecule has 0 spiro atoms. The third-order valence-electron chi connectivity index (χ3n) is 3.71. The maximum Gasteiger partial charge on any atom is 0.416 e. The van der Waals surface area contributed by atoms with Crippen LogP contribution < -0.4 is 10.1 Å². The highest BCUT2D eigenvalue weighted by Crippen LogP contribution is 2.29. The molecule has 0 radical (unpaired) electrons. The van der Waals surface area contributed by atoms with Crippen LogP contribution in [0.15, 0.2) is 72.9 Å². The lowest BCUT2D eigenvalue weighted by Crippen LogP contribution is -2.14. The number of hydrogen-bond acceptors (Lipinski definition) is 3. The van der Waals surface area contributed by atoms with Crippen molar-refractivity contribution in [1.29, 1.82) is 0 Å². The Morgan fingerprint density at radius 1 is 0.963 bits per heavy atom. The molecule has 0 fully saturated rings. The number of alkyl halides is 3. The molecule has 27 heavy (non-hydrogen) atoms. The number of aromatic nitrogens is 1. The molecule has 0 bridgehead atoms. The summed E-state index contributed by atoms with van der Waals surface area (Å²) in [5.41, 5.74) is 0.216. The van der Waals surface area contributed by atoms with Crippen molar-refractivity contribution in [1.82, 2.24) is 4.98 Å². The number of carbonyl (C=O) groups is 1. The van der Waals surface area contributed by atoms with Gasteiger partial charge < -0.3 is 10.1 Å². The molecular weight excluding hydrogens is 357 g/mol. The lowest BCUT2D eigenvalue weighted by atomic mass is 10.1. The Bertz CT molecular complexity index is 911. The zero-order valence-electron chi connectivity index (χ0n) is 14.0. The summed E-state index contributed by atoms with van der Waals surface area (Å²) in [6.07, 6.45) is -2.97. The largest absolute Gasteiger partial charge is 0.485 e. The van der Waals surface area contributed by atoms with E-state index in [4.69, 9.17) is 4.74 Å². The first-order valence-electron chi connectivity index (χ1n) is 8.04. The number of pyridine rings is 1. The van der Waals surface area contributed by atoms with Crippen molar-refractivity contribution >= 4 is 11.7 Å². The normalized spacial score (nSPS) is 11.1. The number of hydrogen-bond donors (Lipinski definition) is 1. The molecule has 1 aromatic heterocycles. The van der Waals surface area contributed by atoms with Crippen molar-refractivity contribution in [3.8, 4) is 5.75 Å². The molecule has 1 N–H and O–H groups in total. The summed E-state index contributed by atoms with van der Waals surface area (Å²) in [6.45, 7) is 0.287. The quantitative estimate of drug-likeness (QED) is 0.691. The van der Waals surface area contributed by atoms with Crippen molar-refractivity contribution in [3.05, 3.63) is 89.6 Å². The second-order valence-electron chi connectivity index (χ2n) is 5.65. The fourth-order valence-corrected chi connectivity index (χ4v) is 2.33. The molecule has 0 atom stereocenters. The van der Waals surface area contributed by atoms with E-state index in [1.807, 2.05) is 30.3 Å². The number of carbonyl (C=O) groups excluding carboxylic acids is 1. The van der Waals surface area contributed by atoms with Crippen LogP contribution >= 0.6 is 0 Å². The maximum atomic E-state index is 12.6. The van der Waals surface area contributed by atoms with Crippen LogP contribution in [0.5, 0.6) is 5.75 Å². The number of ether oxygens (including phenoxy) is 1. The number of rotatable bonds is 5. The van der Waals surface area contributed by atoms with Crippen LogP contribution in [-0.2, 0) is 12.8 Å². The number of anilines is 1. The van der Waals surface area contributed by atoms with Gasteiger partial charge in [0.1, 0.15) is 6.61 Å². The van der Waals surface area contributed by atoms with E-state index in [1.54, 1.807) is 12.1 Å². The lowest BCUT2D eigenvalue weighted by Gasteiger charge is -2.12. The van der Waals surface area contributed by atoms with E-state index in [-0.39, 0.29) is 18.0 Å². The fourth-order valence-electron chi connectivity index (χ4n) is 2.33. The minimum atomic E-state index is -4.45. The highest BCUT2D eigenvalue weighted by atomic mass is 19.4. The number of halogens is 3. The van der Waals surface area contributed by atoms with Gasteiger partial charge in [-0.05, 0) is 42.0 Å². The molecule has 0 aliphatic rings. The van der Waals surface area contributed by atoms with Gasteiger partial charge in [-0.2, -0.15) is 13.2 Å². The Morgan fingerprint density at radius 2 is 1.67 bits per heavy atom. The predicted molar refractivity (Wildman–Crippen MR) is 94.4 cm³/mol. The van der Waals surface area contributed by atoms with E-state index in [9.17, 15) is 18.0 Å². The van der Waals surface area contributed by atoms with Gasteiger partial charge in [-0.25, -0.2) is 4.98 Å². The molecule has 0 saturated heterocycles. The summed E-state index contributed by atoms with van der Waals surface area (Å²) in [7, 11) is 0. The van der Waals surface area contributed by atoms with Crippen molar-refractivity contribution in [2.24, 2.45) is 0 Å². The summed E-state index contributed by atoms with van der Waals surface area (Å²) in [4.78, 5) is 16.4. The summed E-state index contributed by atoms with van der Waals surface area (Å²) in [6, 6.07) is 16.7. The number of nitrogens with one attached hydrogen (secondary N) is 1. The molecule has 0 aliphatic carbocycles. The van der Waals surface area contributed by atoms with E-state index in [2.05, 4.69) is 10.3 Å². The predicted octanol–water partition coefficient (Wildman–Crippen LogP) is 4.93. The molecule has 3 aromatic rings. The van der Waals surface area contributed by atoms with Gasteiger partial charge in [-0.3, -0.25) is 4.79 Å². The monoisotopic (exact) mass is 372 g/mol. The first-order chi connectivity index (χ1) is 12.9. The second-order valence-corrected chi connectivity index (χ2v) is 5.65. The van der Waals surface area contributed by atoms with Crippen molar-refractivity contribution in [2.75, 3.05) is 5.32 Å². The Morgan fingerprint density at radius 3 is 2.33 bits per heavy atom. The van der Waals surface area contributed by atoms with Crippen molar-refractivity contribution in [3.63, 3.8) is 0 Å². The first-order valence-corrected chi connectivity index (χ1v) is 8.04. The topological polar surface area (TPSA) is 51.2 Å². The lowest BCUT2D eigenvalue weighted by molar-refractivity contribution is -0.137. The van der Waals surface area contributed by atoms with E-state index >= 15 is 0 Å². The van der Waals surface area contributed by atoms with Crippen LogP contribution in [-0.4, -0.2) is 10.9 Å². The average Bonchev–Trinajstić information content (AvgIpc) is 2.67. The smallest absolute Gasteiger partial charge is 0.416 e. The third-order valence-corrected chi connectivity index (χ3v) is 3.71. The van der Waals surface area contributed by atoms with Gasteiger partial charge >= 0.3 is 6.18 Å². The minimum absolute atomic E-state index is 0.0858. The Labute approximate surface area is 153 Å². The zero-order valence-corrected chi connectivity index (χ0v) is 14.0. The number of nitrogens with zero attached hydrogens (tertiary/aromatic N) is 1. The summed E-state index contributed by atoms with van der Waals surface area (Å²) in [5, 5.41) is 2.56. The van der Waals surface area contributed by atoms with Gasteiger partial charge in [-0.1, -0.05) is 30.3 Å². The molecule has 4 nitrogen and oxygen atoms in total. The molecule has 7 heteroatoms. The van der Waals surface area contributed by atoms with E-state index in [0.717, 1.165) is 29.8 Å². The highest BCUT2D eigenvalue weighted by molar-refractivity contribution is 6.04. The van der Waals surface area contributed by atoms with Crippen LogP contribution in [0.25, 0.3) is 0 Å². The number of amides is 1. The van der Waals surface area contributed by atoms with Gasteiger partial charge in [0, 0.05) is 11.8 Å². The zero-order chi connectivity index (χ0) is 19.3. The summed E-state index contributed by atoms with van der Waals surface area (Å²) < 4.78 is 43.6. The summed E-state index contributed by atoms with van der Waals surface area (Å²) >= 11 is 0. The van der Waals surface area contributed by atoms with Gasteiger partial charge in [0.05, 0.1) is 5.56 Å². The molecular formula is C20H15F3N2O2. The minimum Gasteiger partial charge on any atom is -0.485 e. The van der Waals surface area contributed by atoms with E-state index in [1.165, 1.54) is 6.20 Å². The Kier molecular flexibility index (Phi) is 5.40. The first kappa shape index (κ1) is 18.4. The van der Waals surface area contributed by atoms with Gasteiger partial charge in [-0.15, -0.1) is 0 Å². The van der Waals surface area contributed by atoms with Crippen LogP contribution in [0.1, 0.15) is 21.5 Å². The third kappa shape index (κ3) is 4.84. The van der Waals surface area contributed by atoms with Gasteiger partial charge in [0.25, 0.3) is 5.91 Å². The van der Waals surface area contributed by atoms with Gasteiger partial charge in [0.15, 0.2) is 11.6 Å².